The van der Waals surface area contributed by atoms with Crippen LogP contribution in [0.2, 0.25) is 0 Å². The number of nitrogens with two attached hydrogens (primary N) is 1. The minimum absolute atomic E-state index is 0.458. The van der Waals surface area contributed by atoms with E-state index in [1.807, 2.05) is 49.4 Å². The summed E-state index contributed by atoms with van der Waals surface area (Å²) in [5, 5.41) is 0.946. The normalized spacial score (nSPS) is 10.7. The third-order valence-electron chi connectivity index (χ3n) is 3.03. The van der Waals surface area contributed by atoms with E-state index in [-0.39, 0.29) is 0 Å². The van der Waals surface area contributed by atoms with Gasteiger partial charge in [0, 0.05) is 10.9 Å². The number of nitrogens with zero attached hydrogens (tertiary/aromatic N) is 2. The molecule has 0 saturated carbocycles. The number of hydrogen-bond acceptors (Lipinski definition) is 4. The van der Waals surface area contributed by atoms with Gasteiger partial charge < -0.3 is 10.5 Å². The van der Waals surface area contributed by atoms with Crippen LogP contribution in [0.5, 0.6) is 5.88 Å². The molecule has 0 aliphatic rings. The molecule has 0 unspecified atom stereocenters. The summed E-state index contributed by atoms with van der Waals surface area (Å²) < 4.78 is 5.65. The molecule has 0 saturated heterocycles. The smallest absolute Gasteiger partial charge is 0.223 e. The van der Waals surface area contributed by atoms with Gasteiger partial charge in [-0.3, -0.25) is 0 Å². The van der Waals surface area contributed by atoms with Gasteiger partial charge in [-0.25, -0.2) is 4.98 Å². The lowest BCUT2D eigenvalue weighted by atomic mass is 10.1. The second kappa shape index (κ2) is 5.17. The molecule has 0 bridgehead atoms. The average molecular weight is 265 g/mol. The summed E-state index contributed by atoms with van der Waals surface area (Å²) in [5.74, 6) is 1.05. The van der Waals surface area contributed by atoms with E-state index in [9.17, 15) is 0 Å². The van der Waals surface area contributed by atoms with Crippen molar-refractivity contribution in [3.8, 4) is 17.0 Å². The maximum absolute atomic E-state index is 5.71. The first-order valence-corrected chi connectivity index (χ1v) is 6.53. The van der Waals surface area contributed by atoms with Crippen LogP contribution >= 0.6 is 0 Å². The molecule has 3 aromatic rings. The number of pyridine rings is 2. The SMILES string of the molecule is CCOc1nc2nc(N)ccc2cc1-c1ccccc1. The van der Waals surface area contributed by atoms with Crippen molar-refractivity contribution in [3.63, 3.8) is 0 Å². The van der Waals surface area contributed by atoms with E-state index in [2.05, 4.69) is 9.97 Å². The lowest BCUT2D eigenvalue weighted by Gasteiger charge is -2.10. The third kappa shape index (κ3) is 2.28. The van der Waals surface area contributed by atoms with Crippen LogP contribution in [0.4, 0.5) is 5.82 Å². The van der Waals surface area contributed by atoms with Gasteiger partial charge in [-0.2, -0.15) is 4.98 Å². The zero-order valence-corrected chi connectivity index (χ0v) is 11.2. The van der Waals surface area contributed by atoms with Crippen molar-refractivity contribution >= 4 is 16.9 Å². The molecule has 2 heterocycles. The van der Waals surface area contributed by atoms with Crippen molar-refractivity contribution < 1.29 is 4.74 Å². The predicted octanol–water partition coefficient (Wildman–Crippen LogP) is 3.28. The molecule has 0 spiro atoms. The monoisotopic (exact) mass is 265 g/mol. The van der Waals surface area contributed by atoms with Gasteiger partial charge in [-0.1, -0.05) is 30.3 Å². The van der Waals surface area contributed by atoms with Crippen molar-refractivity contribution in [1.29, 1.82) is 0 Å². The van der Waals surface area contributed by atoms with Crippen molar-refractivity contribution in [2.24, 2.45) is 0 Å². The topological polar surface area (TPSA) is 61.0 Å². The van der Waals surface area contributed by atoms with E-state index in [0.717, 1.165) is 16.5 Å². The van der Waals surface area contributed by atoms with Crippen LogP contribution in [0, 0.1) is 0 Å². The molecule has 4 nitrogen and oxygen atoms in total. The Bertz CT molecular complexity index is 741. The number of anilines is 1. The quantitative estimate of drug-likeness (QED) is 0.789. The summed E-state index contributed by atoms with van der Waals surface area (Å²) in [6.07, 6.45) is 0. The first-order chi connectivity index (χ1) is 9.78. The molecule has 20 heavy (non-hydrogen) atoms. The molecule has 0 amide bonds. The molecule has 2 N–H and O–H groups in total. The number of ether oxygens (including phenoxy) is 1. The molecule has 2 aromatic heterocycles. The average Bonchev–Trinajstić information content (AvgIpc) is 2.48. The number of hydrogen-bond donors (Lipinski definition) is 1. The van der Waals surface area contributed by atoms with Gasteiger partial charge >= 0.3 is 0 Å². The number of aromatic nitrogens is 2. The highest BCUT2D eigenvalue weighted by Gasteiger charge is 2.10. The molecular weight excluding hydrogens is 250 g/mol. The third-order valence-corrected chi connectivity index (χ3v) is 3.03. The van der Waals surface area contributed by atoms with Gasteiger partial charge in [0.05, 0.1) is 6.61 Å². The Morgan fingerprint density at radius 2 is 1.85 bits per heavy atom. The fourth-order valence-electron chi connectivity index (χ4n) is 2.12. The summed E-state index contributed by atoms with van der Waals surface area (Å²) in [5.41, 5.74) is 8.35. The molecular formula is C16H15N3O. The molecule has 0 radical (unpaired) electrons. The highest BCUT2D eigenvalue weighted by Crippen LogP contribution is 2.31. The first kappa shape index (κ1) is 12.4. The molecule has 0 aliphatic heterocycles. The predicted molar refractivity (Wildman–Crippen MR) is 80.6 cm³/mol. The van der Waals surface area contributed by atoms with Crippen LogP contribution in [-0.2, 0) is 0 Å². The lowest BCUT2D eigenvalue weighted by Crippen LogP contribution is -1.99. The van der Waals surface area contributed by atoms with Crippen molar-refractivity contribution in [3.05, 3.63) is 48.5 Å². The summed E-state index contributed by atoms with van der Waals surface area (Å²) in [7, 11) is 0. The maximum Gasteiger partial charge on any atom is 0.223 e. The molecule has 0 fully saturated rings. The van der Waals surface area contributed by atoms with Gasteiger partial charge in [0.25, 0.3) is 0 Å². The van der Waals surface area contributed by atoms with E-state index in [4.69, 9.17) is 10.5 Å². The fraction of sp³-hybridized carbons (Fsp3) is 0.125. The zero-order chi connectivity index (χ0) is 13.9. The first-order valence-electron chi connectivity index (χ1n) is 6.53. The fourth-order valence-corrected chi connectivity index (χ4v) is 2.12. The van der Waals surface area contributed by atoms with E-state index in [1.54, 1.807) is 6.07 Å². The Balaban J connectivity index is 2.24. The van der Waals surface area contributed by atoms with Crippen LogP contribution in [0.25, 0.3) is 22.2 Å². The highest BCUT2D eigenvalue weighted by atomic mass is 16.5. The molecule has 0 aliphatic carbocycles. The Morgan fingerprint density at radius 1 is 1.05 bits per heavy atom. The molecule has 1 aromatic carbocycles. The summed E-state index contributed by atoms with van der Waals surface area (Å²) >= 11 is 0. The van der Waals surface area contributed by atoms with Gasteiger partial charge in [0.2, 0.25) is 5.88 Å². The van der Waals surface area contributed by atoms with Crippen molar-refractivity contribution in [2.75, 3.05) is 12.3 Å². The molecule has 4 heteroatoms. The van der Waals surface area contributed by atoms with Crippen LogP contribution in [0.1, 0.15) is 6.92 Å². The van der Waals surface area contributed by atoms with E-state index in [0.29, 0.717) is 24.0 Å². The van der Waals surface area contributed by atoms with Crippen LogP contribution < -0.4 is 10.5 Å². The van der Waals surface area contributed by atoms with Crippen molar-refractivity contribution in [2.45, 2.75) is 6.92 Å². The van der Waals surface area contributed by atoms with E-state index in [1.165, 1.54) is 0 Å². The van der Waals surface area contributed by atoms with Gasteiger partial charge in [-0.15, -0.1) is 0 Å². The Hall–Kier alpha value is -2.62. The van der Waals surface area contributed by atoms with Gasteiger partial charge in [0.15, 0.2) is 5.65 Å². The second-order valence-corrected chi connectivity index (χ2v) is 4.42. The van der Waals surface area contributed by atoms with Crippen LogP contribution in [-0.4, -0.2) is 16.6 Å². The number of benzene rings is 1. The lowest BCUT2D eigenvalue weighted by molar-refractivity contribution is 0.329. The standard InChI is InChI=1S/C16H15N3O/c1-2-20-16-13(11-6-4-3-5-7-11)10-12-8-9-14(17)18-15(12)19-16/h3-10H,2H2,1H3,(H2,17,18,19). The molecule has 0 atom stereocenters. The summed E-state index contributed by atoms with van der Waals surface area (Å²) in [6.45, 7) is 2.49. The van der Waals surface area contributed by atoms with Crippen molar-refractivity contribution in [1.82, 2.24) is 9.97 Å². The largest absolute Gasteiger partial charge is 0.477 e. The minimum Gasteiger partial charge on any atom is -0.477 e. The number of rotatable bonds is 3. The Kier molecular flexibility index (Phi) is 3.21. The van der Waals surface area contributed by atoms with Crippen LogP contribution in [0.15, 0.2) is 48.5 Å². The Labute approximate surface area is 117 Å². The van der Waals surface area contributed by atoms with Crippen LogP contribution in [0.3, 0.4) is 0 Å². The van der Waals surface area contributed by atoms with Gasteiger partial charge in [-0.05, 0) is 30.7 Å². The second-order valence-electron chi connectivity index (χ2n) is 4.42. The Morgan fingerprint density at radius 3 is 2.60 bits per heavy atom. The molecule has 3 rings (SSSR count). The zero-order valence-electron chi connectivity index (χ0n) is 11.2. The van der Waals surface area contributed by atoms with Gasteiger partial charge in [0.1, 0.15) is 5.82 Å². The van der Waals surface area contributed by atoms with E-state index < -0.39 is 0 Å². The van der Waals surface area contributed by atoms with E-state index >= 15 is 0 Å². The maximum atomic E-state index is 5.71. The number of fused-ring (bicyclic) bond motifs is 1. The summed E-state index contributed by atoms with van der Waals surface area (Å²) in [6, 6.07) is 15.8. The molecule has 100 valence electrons. The highest BCUT2D eigenvalue weighted by molar-refractivity contribution is 5.84. The number of nitrogen functional groups attached to an aromatic ring is 1. The minimum atomic E-state index is 0.458. The summed E-state index contributed by atoms with van der Waals surface area (Å²) in [4.78, 5) is 8.73.